The number of ether oxygens (including phenoxy) is 1. The first-order chi connectivity index (χ1) is 8.49. The van der Waals surface area contributed by atoms with Gasteiger partial charge < -0.3 is 4.74 Å². The number of nitrogens with zero attached hydrogens (tertiary/aromatic N) is 2. The molecule has 0 aliphatic heterocycles. The molecule has 0 amide bonds. The van der Waals surface area contributed by atoms with Gasteiger partial charge in [-0.05, 0) is 31.5 Å². The molecular weight excluding hydrogens is 295 g/mol. The van der Waals surface area contributed by atoms with Gasteiger partial charge in [-0.1, -0.05) is 34.8 Å². The summed E-state index contributed by atoms with van der Waals surface area (Å²) in [5, 5.41) is 8.98. The lowest BCUT2D eigenvalue weighted by atomic mass is 10.2. The third-order valence-corrected chi connectivity index (χ3v) is 3.63. The highest BCUT2D eigenvalue weighted by atomic mass is 35.5. The van der Waals surface area contributed by atoms with Crippen LogP contribution >= 0.6 is 34.8 Å². The monoisotopic (exact) mass is 302 g/mol. The maximum absolute atomic E-state index is 5.91. The van der Waals surface area contributed by atoms with Crippen molar-refractivity contribution in [2.24, 2.45) is 0 Å². The van der Waals surface area contributed by atoms with Gasteiger partial charge in [0.1, 0.15) is 5.75 Å². The fourth-order valence-corrected chi connectivity index (χ4v) is 1.77. The van der Waals surface area contributed by atoms with E-state index in [0.29, 0.717) is 26.8 Å². The molecule has 0 fully saturated rings. The van der Waals surface area contributed by atoms with Crippen molar-refractivity contribution in [3.63, 3.8) is 0 Å². The van der Waals surface area contributed by atoms with Gasteiger partial charge in [0.25, 0.3) is 0 Å². The van der Waals surface area contributed by atoms with Crippen LogP contribution < -0.4 is 4.74 Å². The van der Waals surface area contributed by atoms with Crippen molar-refractivity contribution in [3.05, 3.63) is 44.5 Å². The fourth-order valence-electron chi connectivity index (χ4n) is 1.30. The van der Waals surface area contributed by atoms with Crippen molar-refractivity contribution >= 4 is 34.8 Å². The van der Waals surface area contributed by atoms with Gasteiger partial charge in [0.2, 0.25) is 5.88 Å². The zero-order valence-corrected chi connectivity index (χ0v) is 11.9. The highest BCUT2D eigenvalue weighted by molar-refractivity contribution is 6.42. The highest BCUT2D eigenvalue weighted by Crippen LogP contribution is 2.31. The Hall–Kier alpha value is -1.03. The summed E-state index contributed by atoms with van der Waals surface area (Å²) in [6.45, 7) is 3.72. The van der Waals surface area contributed by atoms with Crippen LogP contribution in [-0.4, -0.2) is 10.2 Å². The van der Waals surface area contributed by atoms with Gasteiger partial charge in [0, 0.05) is 11.6 Å². The molecule has 2 rings (SSSR count). The summed E-state index contributed by atoms with van der Waals surface area (Å²) >= 11 is 17.6. The van der Waals surface area contributed by atoms with Crippen LogP contribution in [0.2, 0.25) is 15.2 Å². The minimum atomic E-state index is 0.369. The molecule has 0 saturated heterocycles. The number of benzene rings is 1. The standard InChI is InChI=1S/C12H9Cl3N2O/c1-6-7(2)12(17-16-11(6)15)18-8-3-4-9(13)10(14)5-8/h3-5H,1-2H3. The molecule has 0 radical (unpaired) electrons. The SMILES string of the molecule is Cc1c(Cl)nnc(Oc2ccc(Cl)c(Cl)c2)c1C. The van der Waals surface area contributed by atoms with E-state index in [1.54, 1.807) is 18.2 Å². The van der Waals surface area contributed by atoms with Crippen molar-refractivity contribution in [1.29, 1.82) is 0 Å². The first-order valence-corrected chi connectivity index (χ1v) is 6.24. The van der Waals surface area contributed by atoms with E-state index >= 15 is 0 Å². The molecule has 6 heteroatoms. The van der Waals surface area contributed by atoms with Crippen LogP contribution in [0.3, 0.4) is 0 Å². The summed E-state index contributed by atoms with van der Waals surface area (Å²) in [6.07, 6.45) is 0. The molecular formula is C12H9Cl3N2O. The zero-order valence-electron chi connectivity index (χ0n) is 9.67. The van der Waals surface area contributed by atoms with Crippen molar-refractivity contribution in [2.75, 3.05) is 0 Å². The second-order valence-electron chi connectivity index (χ2n) is 3.72. The maximum atomic E-state index is 5.91. The van der Waals surface area contributed by atoms with E-state index in [-0.39, 0.29) is 0 Å². The summed E-state index contributed by atoms with van der Waals surface area (Å²) in [5.74, 6) is 0.943. The molecule has 0 aliphatic carbocycles. The van der Waals surface area contributed by atoms with E-state index in [1.807, 2.05) is 13.8 Å². The largest absolute Gasteiger partial charge is 0.437 e. The van der Waals surface area contributed by atoms with E-state index in [9.17, 15) is 0 Å². The van der Waals surface area contributed by atoms with E-state index in [4.69, 9.17) is 39.5 Å². The number of hydrogen-bond donors (Lipinski definition) is 0. The molecule has 0 spiro atoms. The topological polar surface area (TPSA) is 35.0 Å². The average Bonchev–Trinajstić information content (AvgIpc) is 2.34. The van der Waals surface area contributed by atoms with Crippen LogP contribution in [-0.2, 0) is 0 Å². The van der Waals surface area contributed by atoms with Crippen LogP contribution in [0.5, 0.6) is 11.6 Å². The maximum Gasteiger partial charge on any atom is 0.242 e. The predicted molar refractivity (Wildman–Crippen MR) is 73.1 cm³/mol. The first-order valence-electron chi connectivity index (χ1n) is 5.11. The molecule has 2 aromatic rings. The highest BCUT2D eigenvalue weighted by Gasteiger charge is 2.10. The number of rotatable bonds is 2. The average molecular weight is 304 g/mol. The molecule has 1 aromatic carbocycles. The lowest BCUT2D eigenvalue weighted by Gasteiger charge is -2.09. The molecule has 1 heterocycles. The normalized spacial score (nSPS) is 10.5. The Morgan fingerprint density at radius 2 is 1.67 bits per heavy atom. The summed E-state index contributed by atoms with van der Waals surface area (Å²) in [4.78, 5) is 0. The molecule has 0 atom stereocenters. The minimum Gasteiger partial charge on any atom is -0.437 e. The minimum absolute atomic E-state index is 0.369. The van der Waals surface area contributed by atoms with Crippen LogP contribution in [0.1, 0.15) is 11.1 Å². The second kappa shape index (κ2) is 5.31. The molecule has 18 heavy (non-hydrogen) atoms. The second-order valence-corrected chi connectivity index (χ2v) is 4.90. The van der Waals surface area contributed by atoms with Crippen molar-refractivity contribution < 1.29 is 4.74 Å². The van der Waals surface area contributed by atoms with E-state index in [1.165, 1.54) is 0 Å². The van der Waals surface area contributed by atoms with Gasteiger partial charge in [-0.15, -0.1) is 10.2 Å². The van der Waals surface area contributed by atoms with Gasteiger partial charge in [0.15, 0.2) is 5.15 Å². The predicted octanol–water partition coefficient (Wildman–Crippen LogP) is 4.85. The Morgan fingerprint density at radius 1 is 0.944 bits per heavy atom. The van der Waals surface area contributed by atoms with Crippen molar-refractivity contribution in [2.45, 2.75) is 13.8 Å². The molecule has 0 bridgehead atoms. The van der Waals surface area contributed by atoms with E-state index in [2.05, 4.69) is 10.2 Å². The molecule has 0 saturated carbocycles. The van der Waals surface area contributed by atoms with Crippen LogP contribution in [0.25, 0.3) is 0 Å². The van der Waals surface area contributed by atoms with Crippen molar-refractivity contribution in [3.8, 4) is 11.6 Å². The molecule has 1 aromatic heterocycles. The number of aromatic nitrogens is 2. The van der Waals surface area contributed by atoms with Crippen molar-refractivity contribution in [1.82, 2.24) is 10.2 Å². The molecule has 0 N–H and O–H groups in total. The summed E-state index contributed by atoms with van der Waals surface area (Å²) in [6, 6.07) is 4.99. The third kappa shape index (κ3) is 2.69. The molecule has 0 aliphatic rings. The van der Waals surface area contributed by atoms with Gasteiger partial charge in [-0.2, -0.15) is 0 Å². The molecule has 0 unspecified atom stereocenters. The van der Waals surface area contributed by atoms with Crippen LogP contribution in [0.4, 0.5) is 0 Å². The molecule has 3 nitrogen and oxygen atoms in total. The zero-order chi connectivity index (χ0) is 13.3. The number of hydrogen-bond acceptors (Lipinski definition) is 3. The first kappa shape index (κ1) is 13.4. The van der Waals surface area contributed by atoms with Crippen LogP contribution in [0.15, 0.2) is 18.2 Å². The summed E-state index contributed by atoms with van der Waals surface area (Å²) < 4.78 is 5.61. The van der Waals surface area contributed by atoms with E-state index < -0.39 is 0 Å². The van der Waals surface area contributed by atoms with Crippen LogP contribution in [0, 0.1) is 13.8 Å². The fraction of sp³-hybridized carbons (Fsp3) is 0.167. The summed E-state index contributed by atoms with van der Waals surface area (Å²) in [7, 11) is 0. The molecule has 94 valence electrons. The van der Waals surface area contributed by atoms with Gasteiger partial charge in [-0.3, -0.25) is 0 Å². The Kier molecular flexibility index (Phi) is 3.95. The van der Waals surface area contributed by atoms with E-state index in [0.717, 1.165) is 11.1 Å². The Balaban J connectivity index is 2.34. The quantitative estimate of drug-likeness (QED) is 0.795. The van der Waals surface area contributed by atoms with Gasteiger partial charge in [-0.25, -0.2) is 0 Å². The Morgan fingerprint density at radius 3 is 2.33 bits per heavy atom. The van der Waals surface area contributed by atoms with Gasteiger partial charge in [0.05, 0.1) is 10.0 Å². The lowest BCUT2D eigenvalue weighted by Crippen LogP contribution is -1.97. The third-order valence-electron chi connectivity index (χ3n) is 2.53. The Labute approximate surface area is 120 Å². The lowest BCUT2D eigenvalue weighted by molar-refractivity contribution is 0.450. The summed E-state index contributed by atoms with van der Waals surface area (Å²) in [5.41, 5.74) is 1.67. The smallest absolute Gasteiger partial charge is 0.242 e. The Bertz CT molecular complexity index is 602. The van der Waals surface area contributed by atoms with Gasteiger partial charge >= 0.3 is 0 Å². The number of halogens is 3.